The minimum atomic E-state index is -1.69. The zero-order chi connectivity index (χ0) is 29.1. The van der Waals surface area contributed by atoms with E-state index in [0.717, 1.165) is 16.7 Å². The van der Waals surface area contributed by atoms with Gasteiger partial charge in [0, 0.05) is 6.92 Å². The third-order valence-corrected chi connectivity index (χ3v) is 6.64. The van der Waals surface area contributed by atoms with Gasteiger partial charge < -0.3 is 28.4 Å². The van der Waals surface area contributed by atoms with E-state index >= 15 is 0 Å². The second-order valence-electron chi connectivity index (χ2n) is 9.56. The molecular weight excluding hydrogens is 591 g/mol. The zero-order valence-electron chi connectivity index (χ0n) is 22.6. The maximum Gasteiger partial charge on any atom is 0.302 e. The average Bonchev–Trinajstić information content (AvgIpc) is 2.97. The summed E-state index contributed by atoms with van der Waals surface area (Å²) in [6.07, 6.45) is -3.99. The summed E-state index contributed by atoms with van der Waals surface area (Å²) >= 11 is 18.1. The van der Waals surface area contributed by atoms with Gasteiger partial charge >= 0.3 is 5.97 Å². The molecule has 0 aromatic heterocycles. The van der Waals surface area contributed by atoms with Crippen molar-refractivity contribution in [1.82, 2.24) is 0 Å². The Morgan fingerprint density at radius 3 is 1.56 bits per heavy atom. The van der Waals surface area contributed by atoms with Crippen molar-refractivity contribution in [2.45, 2.75) is 61.2 Å². The second-order valence-corrected chi connectivity index (χ2v) is 12.1. The van der Waals surface area contributed by atoms with Gasteiger partial charge in [0.1, 0.15) is 31.0 Å². The molecule has 4 rings (SSSR count). The molecule has 220 valence electrons. The number of carbonyl (C=O) groups is 1. The van der Waals surface area contributed by atoms with Crippen LogP contribution in [0.1, 0.15) is 23.6 Å². The summed E-state index contributed by atoms with van der Waals surface area (Å²) in [4.78, 5) is 11.8. The SMILES string of the molecule is CC(=O)OC[C@H]1O[C@@H](OCC(Cl)(Cl)Cl)[C@H](OCc2ccccc2)[C@@H](OCc2ccccc2)[C@@H]1OCc1ccccc1. The first-order valence-electron chi connectivity index (χ1n) is 13.2. The molecule has 3 aromatic carbocycles. The van der Waals surface area contributed by atoms with Crippen LogP contribution in [0.3, 0.4) is 0 Å². The fourth-order valence-electron chi connectivity index (χ4n) is 4.39. The molecule has 1 saturated heterocycles. The normalized spacial score (nSPS) is 22.8. The van der Waals surface area contributed by atoms with Crippen LogP contribution in [-0.2, 0) is 53.0 Å². The molecule has 41 heavy (non-hydrogen) atoms. The topological polar surface area (TPSA) is 72.5 Å². The number of halogens is 3. The van der Waals surface area contributed by atoms with Gasteiger partial charge in [-0.05, 0) is 16.7 Å². The van der Waals surface area contributed by atoms with Crippen molar-refractivity contribution in [2.24, 2.45) is 0 Å². The van der Waals surface area contributed by atoms with Gasteiger partial charge in [-0.25, -0.2) is 0 Å². The Labute approximate surface area is 255 Å². The van der Waals surface area contributed by atoms with Gasteiger partial charge in [0.2, 0.25) is 3.79 Å². The summed E-state index contributed by atoms with van der Waals surface area (Å²) in [5.41, 5.74) is 2.85. The van der Waals surface area contributed by atoms with E-state index in [1.165, 1.54) is 6.92 Å². The van der Waals surface area contributed by atoms with Crippen molar-refractivity contribution in [1.29, 1.82) is 0 Å². The molecule has 1 aliphatic heterocycles. The Balaban J connectivity index is 1.65. The van der Waals surface area contributed by atoms with Gasteiger partial charge in [0.15, 0.2) is 6.29 Å². The number of alkyl halides is 3. The Bertz CT molecular complexity index is 1180. The van der Waals surface area contributed by atoms with Crippen LogP contribution < -0.4 is 0 Å². The van der Waals surface area contributed by atoms with Crippen LogP contribution in [0.5, 0.6) is 0 Å². The fourth-order valence-corrected chi connectivity index (χ4v) is 4.58. The minimum Gasteiger partial charge on any atom is -0.463 e. The van der Waals surface area contributed by atoms with Crippen molar-refractivity contribution in [3.05, 3.63) is 108 Å². The van der Waals surface area contributed by atoms with Crippen molar-refractivity contribution < 1.29 is 33.2 Å². The number of ether oxygens (including phenoxy) is 6. The molecule has 0 spiro atoms. The summed E-state index contributed by atoms with van der Waals surface area (Å²) < 4.78 is 35.3. The molecule has 0 amide bonds. The lowest BCUT2D eigenvalue weighted by Gasteiger charge is -2.45. The zero-order valence-corrected chi connectivity index (χ0v) is 24.8. The van der Waals surface area contributed by atoms with Crippen LogP contribution in [0.2, 0.25) is 0 Å². The van der Waals surface area contributed by atoms with Gasteiger partial charge in [-0.1, -0.05) is 126 Å². The Morgan fingerprint density at radius 2 is 1.12 bits per heavy atom. The molecule has 7 nitrogen and oxygen atoms in total. The number of hydrogen-bond donors (Lipinski definition) is 0. The predicted molar refractivity (Wildman–Crippen MR) is 157 cm³/mol. The molecule has 0 N–H and O–H groups in total. The molecule has 1 fully saturated rings. The van der Waals surface area contributed by atoms with Gasteiger partial charge in [-0.2, -0.15) is 0 Å². The highest BCUT2D eigenvalue weighted by Gasteiger charge is 2.50. The fraction of sp³-hybridized carbons (Fsp3) is 0.387. The quantitative estimate of drug-likeness (QED) is 0.161. The van der Waals surface area contributed by atoms with E-state index in [-0.39, 0.29) is 33.0 Å². The van der Waals surface area contributed by atoms with Crippen LogP contribution in [0.4, 0.5) is 0 Å². The summed E-state index contributed by atoms with van der Waals surface area (Å²) in [5.74, 6) is -0.460. The highest BCUT2D eigenvalue weighted by molar-refractivity contribution is 6.67. The average molecular weight is 624 g/mol. The van der Waals surface area contributed by atoms with Crippen LogP contribution in [0.25, 0.3) is 0 Å². The predicted octanol–water partition coefficient (Wildman–Crippen LogP) is 6.42. The number of benzene rings is 3. The largest absolute Gasteiger partial charge is 0.463 e. The van der Waals surface area contributed by atoms with Crippen LogP contribution in [0.15, 0.2) is 91.0 Å². The van der Waals surface area contributed by atoms with Crippen molar-refractivity contribution >= 4 is 40.8 Å². The standard InChI is InChI=1S/C31H33Cl3O7/c1-22(35)36-20-26-27(37-17-23-11-5-2-6-12-23)28(38-18-24-13-7-3-8-14-24)29(30(41-26)40-21-31(32,33)34)39-19-25-15-9-4-10-16-25/h2-16,26-30H,17-21H2,1H3/t26-,27-,28+,29-,30-/m1/s1. The van der Waals surface area contributed by atoms with E-state index in [0.29, 0.717) is 0 Å². The molecule has 0 bridgehead atoms. The smallest absolute Gasteiger partial charge is 0.302 e. The van der Waals surface area contributed by atoms with Gasteiger partial charge in [-0.15, -0.1) is 0 Å². The van der Waals surface area contributed by atoms with Crippen LogP contribution in [0, 0.1) is 0 Å². The van der Waals surface area contributed by atoms with Crippen molar-refractivity contribution in [3.8, 4) is 0 Å². The molecule has 3 aromatic rings. The maximum absolute atomic E-state index is 11.8. The molecule has 0 unspecified atom stereocenters. The van der Waals surface area contributed by atoms with Crippen LogP contribution >= 0.6 is 34.8 Å². The monoisotopic (exact) mass is 622 g/mol. The summed E-state index contributed by atoms with van der Waals surface area (Å²) in [6.45, 7) is 1.73. The lowest BCUT2D eigenvalue weighted by molar-refractivity contribution is -0.326. The van der Waals surface area contributed by atoms with Gasteiger partial charge in [-0.3, -0.25) is 4.79 Å². The van der Waals surface area contributed by atoms with Crippen LogP contribution in [-0.4, -0.2) is 53.7 Å². The van der Waals surface area contributed by atoms with E-state index in [1.54, 1.807) is 0 Å². The lowest BCUT2D eigenvalue weighted by Crippen LogP contribution is -2.62. The lowest BCUT2D eigenvalue weighted by atomic mass is 9.97. The first kappa shape index (κ1) is 31.7. The first-order chi connectivity index (χ1) is 19.8. The van der Waals surface area contributed by atoms with E-state index in [2.05, 4.69) is 0 Å². The Hall–Kier alpha value is -2.20. The summed E-state index contributed by atoms with van der Waals surface area (Å²) in [5, 5.41) is 0. The van der Waals surface area contributed by atoms with Gasteiger partial charge in [0.05, 0.1) is 26.4 Å². The maximum atomic E-state index is 11.8. The van der Waals surface area contributed by atoms with E-state index in [1.807, 2.05) is 91.0 Å². The molecule has 10 heteroatoms. The highest BCUT2D eigenvalue weighted by atomic mass is 35.6. The number of carbonyl (C=O) groups excluding carboxylic acids is 1. The van der Waals surface area contributed by atoms with E-state index < -0.39 is 40.5 Å². The highest BCUT2D eigenvalue weighted by Crippen LogP contribution is 2.34. The molecular formula is C31H33Cl3O7. The molecule has 5 atom stereocenters. The van der Waals surface area contributed by atoms with Gasteiger partial charge in [0.25, 0.3) is 0 Å². The molecule has 0 saturated carbocycles. The number of rotatable bonds is 13. The number of hydrogen-bond acceptors (Lipinski definition) is 7. The molecule has 1 heterocycles. The first-order valence-corrected chi connectivity index (χ1v) is 14.4. The third kappa shape index (κ3) is 10.5. The second kappa shape index (κ2) is 15.9. The Kier molecular flexibility index (Phi) is 12.3. The van der Waals surface area contributed by atoms with E-state index in [9.17, 15) is 4.79 Å². The molecule has 0 radical (unpaired) electrons. The minimum absolute atomic E-state index is 0.0982. The van der Waals surface area contributed by atoms with E-state index in [4.69, 9.17) is 63.2 Å². The Morgan fingerprint density at radius 1 is 0.683 bits per heavy atom. The number of esters is 1. The molecule has 0 aliphatic carbocycles. The summed E-state index contributed by atoms with van der Waals surface area (Å²) in [6, 6.07) is 29.1. The summed E-state index contributed by atoms with van der Waals surface area (Å²) in [7, 11) is 0. The molecule has 1 aliphatic rings. The van der Waals surface area contributed by atoms with Crippen molar-refractivity contribution in [2.75, 3.05) is 13.2 Å². The van der Waals surface area contributed by atoms with Crippen molar-refractivity contribution in [3.63, 3.8) is 0 Å². The third-order valence-electron chi connectivity index (χ3n) is 6.31.